The molecule has 4 rings (SSSR count). The van der Waals surface area contributed by atoms with Crippen LogP contribution >= 0.6 is 0 Å². The Hall–Kier alpha value is -2.99. The molecule has 0 aliphatic carbocycles. The summed E-state index contributed by atoms with van der Waals surface area (Å²) in [6.45, 7) is 6.23. The highest BCUT2D eigenvalue weighted by Crippen LogP contribution is 2.27. The van der Waals surface area contributed by atoms with E-state index in [2.05, 4.69) is 64.7 Å². The number of rotatable bonds is 6. The summed E-state index contributed by atoms with van der Waals surface area (Å²) >= 11 is 0. The predicted molar refractivity (Wildman–Crippen MR) is 123 cm³/mol. The topological polar surface area (TPSA) is 63.1 Å². The third kappa shape index (κ3) is 5.39. The van der Waals surface area contributed by atoms with Gasteiger partial charge in [-0.1, -0.05) is 30.3 Å². The predicted octanol–water partition coefficient (Wildman–Crippen LogP) is 3.84. The maximum atomic E-state index is 12.6. The molecule has 0 bridgehead atoms. The van der Waals surface area contributed by atoms with Crippen molar-refractivity contribution < 1.29 is 4.79 Å². The molecule has 1 amide bonds. The second kappa shape index (κ2) is 9.43. The fourth-order valence-electron chi connectivity index (χ4n) is 4.37. The Labute approximate surface area is 184 Å². The number of amides is 1. The van der Waals surface area contributed by atoms with E-state index in [1.54, 1.807) is 10.9 Å². The van der Waals surface area contributed by atoms with Crippen LogP contribution in [0.1, 0.15) is 47.0 Å². The van der Waals surface area contributed by atoms with E-state index in [0.717, 1.165) is 55.1 Å². The summed E-state index contributed by atoms with van der Waals surface area (Å²) in [6, 6.07) is 15.0. The first kappa shape index (κ1) is 21.2. The normalized spacial score (nSPS) is 16.9. The van der Waals surface area contributed by atoms with Crippen molar-refractivity contribution in [3.05, 3.63) is 76.9 Å². The molecule has 6 nitrogen and oxygen atoms in total. The average Bonchev–Trinajstić information content (AvgIpc) is 3.06. The highest BCUT2D eigenvalue weighted by molar-refractivity contribution is 5.92. The lowest BCUT2D eigenvalue weighted by atomic mass is 9.92. The summed E-state index contributed by atoms with van der Waals surface area (Å²) in [5.41, 5.74) is 6.57. The molecule has 31 heavy (non-hydrogen) atoms. The van der Waals surface area contributed by atoms with Gasteiger partial charge in [0.2, 0.25) is 5.91 Å². The van der Waals surface area contributed by atoms with Crippen LogP contribution in [0.15, 0.2) is 48.7 Å². The summed E-state index contributed by atoms with van der Waals surface area (Å²) < 4.78 is 1.77. The van der Waals surface area contributed by atoms with Gasteiger partial charge in [0, 0.05) is 30.9 Å². The van der Waals surface area contributed by atoms with E-state index in [-0.39, 0.29) is 5.91 Å². The molecular weight excluding hydrogens is 386 g/mol. The lowest BCUT2D eigenvalue weighted by molar-refractivity contribution is -0.117. The van der Waals surface area contributed by atoms with Gasteiger partial charge >= 0.3 is 0 Å². The van der Waals surface area contributed by atoms with E-state index < -0.39 is 0 Å². The van der Waals surface area contributed by atoms with Gasteiger partial charge in [-0.15, -0.1) is 0 Å². The van der Waals surface area contributed by atoms with E-state index in [0.29, 0.717) is 12.5 Å². The first-order valence-corrected chi connectivity index (χ1v) is 11.0. The molecule has 1 N–H and O–H groups in total. The summed E-state index contributed by atoms with van der Waals surface area (Å²) in [7, 11) is 1.88. The summed E-state index contributed by atoms with van der Waals surface area (Å²) in [5, 5.41) is 7.19. The number of aromatic nitrogens is 3. The molecule has 3 aromatic rings. The maximum Gasteiger partial charge on any atom is 0.238 e. The minimum Gasteiger partial charge on any atom is -0.322 e. The summed E-state index contributed by atoms with van der Waals surface area (Å²) in [4.78, 5) is 19.7. The molecule has 0 radical (unpaired) electrons. The number of carbonyl (C=O) groups is 1. The fourth-order valence-corrected chi connectivity index (χ4v) is 4.37. The molecular formula is C25H31N5O. The molecule has 1 aromatic carbocycles. The number of hydrogen-bond donors (Lipinski definition) is 1. The lowest BCUT2D eigenvalue weighted by Crippen LogP contribution is -2.40. The van der Waals surface area contributed by atoms with Crippen molar-refractivity contribution in [2.75, 3.05) is 25.0 Å². The van der Waals surface area contributed by atoms with Gasteiger partial charge in [0.15, 0.2) is 0 Å². The van der Waals surface area contributed by atoms with Gasteiger partial charge in [-0.25, -0.2) is 0 Å². The molecule has 162 valence electrons. The smallest absolute Gasteiger partial charge is 0.238 e. The number of likely N-dealkylation sites (tertiary alicyclic amines) is 1. The first-order valence-electron chi connectivity index (χ1n) is 11.0. The highest BCUT2D eigenvalue weighted by Gasteiger charge is 2.24. The van der Waals surface area contributed by atoms with Crippen LogP contribution in [0.4, 0.5) is 5.69 Å². The minimum atomic E-state index is 0.0127. The highest BCUT2D eigenvalue weighted by atomic mass is 16.2. The molecule has 1 saturated heterocycles. The second-order valence-corrected chi connectivity index (χ2v) is 8.59. The molecule has 6 heteroatoms. The number of benzene rings is 1. The monoisotopic (exact) mass is 417 g/mol. The average molecular weight is 418 g/mol. The number of pyridine rings is 1. The van der Waals surface area contributed by atoms with Crippen molar-refractivity contribution in [1.29, 1.82) is 0 Å². The molecule has 3 heterocycles. The zero-order valence-corrected chi connectivity index (χ0v) is 18.6. The molecule has 2 aromatic heterocycles. The Morgan fingerprint density at radius 1 is 1.16 bits per heavy atom. The Morgan fingerprint density at radius 3 is 2.71 bits per heavy atom. The van der Waals surface area contributed by atoms with Gasteiger partial charge in [-0.2, -0.15) is 5.10 Å². The Morgan fingerprint density at radius 2 is 1.97 bits per heavy atom. The molecule has 0 spiro atoms. The zero-order valence-electron chi connectivity index (χ0n) is 18.6. The third-order valence-electron chi connectivity index (χ3n) is 6.08. The molecule has 1 fully saturated rings. The Kier molecular flexibility index (Phi) is 6.47. The van der Waals surface area contributed by atoms with Crippen LogP contribution in [-0.4, -0.2) is 45.2 Å². The summed E-state index contributed by atoms with van der Waals surface area (Å²) in [6.07, 6.45) is 4.81. The molecule has 0 unspecified atom stereocenters. The largest absolute Gasteiger partial charge is 0.322 e. The lowest BCUT2D eigenvalue weighted by Gasteiger charge is -2.32. The first-order chi connectivity index (χ1) is 15.0. The number of nitrogens with zero attached hydrogens (tertiary/aromatic N) is 4. The molecule has 1 aliphatic heterocycles. The Bertz CT molecular complexity index is 1040. The number of nitrogens with one attached hydrogen (secondary N) is 1. The zero-order chi connectivity index (χ0) is 21.8. The SMILES string of the molecule is Cc1cc(Cc2ccccc2)cc([C@@H]2CCCN(CC(=O)Nc3cnn(C)c3C)C2)n1. The van der Waals surface area contributed by atoms with Crippen LogP contribution in [0.5, 0.6) is 0 Å². The van der Waals surface area contributed by atoms with Crippen LogP contribution in [0.3, 0.4) is 0 Å². The van der Waals surface area contributed by atoms with Crippen LogP contribution in [0.2, 0.25) is 0 Å². The van der Waals surface area contributed by atoms with Gasteiger partial charge in [-0.05, 0) is 62.9 Å². The molecule has 1 aliphatic rings. The van der Waals surface area contributed by atoms with Crippen LogP contribution in [0, 0.1) is 13.8 Å². The number of anilines is 1. The van der Waals surface area contributed by atoms with Crippen molar-refractivity contribution in [1.82, 2.24) is 19.7 Å². The van der Waals surface area contributed by atoms with Crippen molar-refractivity contribution >= 4 is 11.6 Å². The van der Waals surface area contributed by atoms with Gasteiger partial charge in [0.25, 0.3) is 0 Å². The number of piperidine rings is 1. The van der Waals surface area contributed by atoms with E-state index in [1.807, 2.05) is 14.0 Å². The van der Waals surface area contributed by atoms with Crippen LogP contribution in [-0.2, 0) is 18.3 Å². The minimum absolute atomic E-state index is 0.0127. The van der Waals surface area contributed by atoms with E-state index in [4.69, 9.17) is 4.98 Å². The van der Waals surface area contributed by atoms with Gasteiger partial charge in [0.05, 0.1) is 24.1 Å². The second-order valence-electron chi connectivity index (χ2n) is 8.59. The van der Waals surface area contributed by atoms with E-state index >= 15 is 0 Å². The van der Waals surface area contributed by atoms with Gasteiger partial charge < -0.3 is 5.32 Å². The quantitative estimate of drug-likeness (QED) is 0.662. The van der Waals surface area contributed by atoms with Crippen molar-refractivity contribution in [2.45, 2.75) is 39.0 Å². The van der Waals surface area contributed by atoms with Crippen molar-refractivity contribution in [3.8, 4) is 0 Å². The van der Waals surface area contributed by atoms with Crippen LogP contribution < -0.4 is 5.32 Å². The number of carbonyl (C=O) groups excluding carboxylic acids is 1. The molecule has 1 atom stereocenters. The number of aryl methyl sites for hydroxylation is 2. The molecule has 0 saturated carbocycles. The summed E-state index contributed by atoms with van der Waals surface area (Å²) in [5.74, 6) is 0.370. The van der Waals surface area contributed by atoms with Crippen LogP contribution in [0.25, 0.3) is 0 Å². The third-order valence-corrected chi connectivity index (χ3v) is 6.08. The van der Waals surface area contributed by atoms with Gasteiger partial charge in [0.1, 0.15) is 0 Å². The Balaban J connectivity index is 1.41. The van der Waals surface area contributed by atoms with Crippen molar-refractivity contribution in [2.24, 2.45) is 7.05 Å². The van der Waals surface area contributed by atoms with Crippen molar-refractivity contribution in [3.63, 3.8) is 0 Å². The standard InChI is InChI=1S/C25H31N5O/c1-18-12-21(13-20-8-5-4-6-9-20)14-23(27-18)22-10-7-11-30(16-22)17-25(31)28-24-15-26-29(3)19(24)2/h4-6,8-9,12,14-15,22H,7,10-11,13,16-17H2,1-3H3,(H,28,31)/t22-/m1/s1. The van der Waals surface area contributed by atoms with E-state index in [9.17, 15) is 4.79 Å². The maximum absolute atomic E-state index is 12.6. The number of hydrogen-bond acceptors (Lipinski definition) is 4. The van der Waals surface area contributed by atoms with E-state index in [1.165, 1.54) is 11.1 Å². The fraction of sp³-hybridized carbons (Fsp3) is 0.400. The van der Waals surface area contributed by atoms with Gasteiger partial charge in [-0.3, -0.25) is 19.4 Å².